The van der Waals surface area contributed by atoms with E-state index in [0.717, 1.165) is 25.7 Å². The lowest BCUT2D eigenvalue weighted by molar-refractivity contribution is -0.143. The van der Waals surface area contributed by atoms with Gasteiger partial charge in [0.2, 0.25) is 11.8 Å². The molecule has 0 radical (unpaired) electrons. The predicted octanol–water partition coefficient (Wildman–Crippen LogP) is 2.61. The van der Waals surface area contributed by atoms with Gasteiger partial charge in [-0.2, -0.15) is 0 Å². The maximum atomic E-state index is 14.2. The molecule has 0 aromatic rings. The molecule has 0 aromatic carbocycles. The molecule has 1 heterocycles. The van der Waals surface area contributed by atoms with Crippen LogP contribution in [0, 0.1) is 35.0 Å². The smallest absolute Gasteiger partial charge is 0.315 e. The van der Waals surface area contributed by atoms with E-state index < -0.39 is 52.4 Å². The van der Waals surface area contributed by atoms with Crippen molar-refractivity contribution in [1.82, 2.24) is 20.9 Å². The van der Waals surface area contributed by atoms with Crippen LogP contribution in [0.4, 0.5) is 4.79 Å². The largest absolute Gasteiger partial charge is 0.363 e. The second-order valence-corrected chi connectivity index (χ2v) is 15.4. The minimum Gasteiger partial charge on any atom is -0.363 e. The standard InChI is InChI=1S/C31H51N5O6S/c1-16(2)20-12-13-36(23(20)27(40)35-28(24(38)26(32)39)43-15-18-8-9-18)29(41)25(31(5,6)7)34-30(42)33-21(17(3)4)14-22(37)19-10-11-19/h16-21,23,25,28H,8-15H2,1-7H3,(H2,32,39)(H,35,40)(H2,33,34,42)/t20-,21-,23+,25-,28?/m1/s1. The summed E-state index contributed by atoms with van der Waals surface area (Å²) in [4.78, 5) is 79.5. The molecule has 2 saturated carbocycles. The van der Waals surface area contributed by atoms with Crippen molar-refractivity contribution < 1.29 is 28.8 Å². The highest BCUT2D eigenvalue weighted by Crippen LogP contribution is 2.36. The number of hydrogen-bond donors (Lipinski definition) is 4. The lowest BCUT2D eigenvalue weighted by atomic mass is 9.84. The number of nitrogens with zero attached hydrogens (tertiary/aromatic N) is 1. The Kier molecular flexibility index (Phi) is 11.7. The van der Waals surface area contributed by atoms with Gasteiger partial charge in [0.15, 0.2) is 0 Å². The Morgan fingerprint density at radius 1 is 0.907 bits per heavy atom. The van der Waals surface area contributed by atoms with Crippen LogP contribution in [0.1, 0.15) is 87.0 Å². The van der Waals surface area contributed by atoms with Gasteiger partial charge in [0.05, 0.1) is 0 Å². The van der Waals surface area contributed by atoms with Crippen molar-refractivity contribution in [1.29, 1.82) is 0 Å². The molecule has 5 atom stereocenters. The van der Waals surface area contributed by atoms with Crippen molar-refractivity contribution in [2.45, 2.75) is 110 Å². The third kappa shape index (κ3) is 9.68. The first-order valence-corrected chi connectivity index (χ1v) is 16.7. The molecule has 11 nitrogen and oxygen atoms in total. The van der Waals surface area contributed by atoms with Crippen molar-refractivity contribution in [3.8, 4) is 0 Å². The van der Waals surface area contributed by atoms with Gasteiger partial charge in [-0.1, -0.05) is 48.5 Å². The molecule has 1 saturated heterocycles. The Morgan fingerprint density at radius 2 is 1.53 bits per heavy atom. The monoisotopic (exact) mass is 621 g/mol. The minimum atomic E-state index is -1.12. The predicted molar refractivity (Wildman–Crippen MR) is 166 cm³/mol. The van der Waals surface area contributed by atoms with Crippen LogP contribution in [0.3, 0.4) is 0 Å². The van der Waals surface area contributed by atoms with Gasteiger partial charge in [0.25, 0.3) is 11.7 Å². The van der Waals surface area contributed by atoms with Crippen molar-refractivity contribution >= 4 is 47.1 Å². The lowest BCUT2D eigenvalue weighted by Crippen LogP contribution is -2.61. The van der Waals surface area contributed by atoms with E-state index in [0.29, 0.717) is 24.6 Å². The van der Waals surface area contributed by atoms with Crippen LogP contribution in [0.2, 0.25) is 0 Å². The van der Waals surface area contributed by atoms with E-state index in [1.165, 1.54) is 16.7 Å². The third-order valence-electron chi connectivity index (χ3n) is 8.77. The number of nitrogens with two attached hydrogens (primary N) is 1. The fraction of sp³-hybridized carbons (Fsp3) is 0.806. The van der Waals surface area contributed by atoms with E-state index in [9.17, 15) is 28.8 Å². The van der Waals surface area contributed by atoms with E-state index in [1.807, 2.05) is 48.5 Å². The van der Waals surface area contributed by atoms with Gasteiger partial charge in [-0.25, -0.2) is 4.79 Å². The lowest BCUT2D eigenvalue weighted by Gasteiger charge is -2.37. The number of ketones is 2. The number of rotatable bonds is 15. The summed E-state index contributed by atoms with van der Waals surface area (Å²) in [6.07, 6.45) is 4.71. The van der Waals surface area contributed by atoms with Gasteiger partial charge < -0.3 is 26.6 Å². The fourth-order valence-electron chi connectivity index (χ4n) is 5.54. The average molecular weight is 622 g/mol. The van der Waals surface area contributed by atoms with Crippen LogP contribution < -0.4 is 21.7 Å². The van der Waals surface area contributed by atoms with E-state index >= 15 is 0 Å². The minimum absolute atomic E-state index is 0.0181. The van der Waals surface area contributed by atoms with E-state index in [1.54, 1.807) is 0 Å². The summed E-state index contributed by atoms with van der Waals surface area (Å²) in [6.45, 7) is 13.7. The Hall–Kier alpha value is -2.63. The van der Waals surface area contributed by atoms with Crippen molar-refractivity contribution in [2.75, 3.05) is 12.3 Å². The van der Waals surface area contributed by atoms with Crippen molar-refractivity contribution in [2.24, 2.45) is 40.7 Å². The molecule has 0 aromatic heterocycles. The molecule has 0 bridgehead atoms. The molecule has 3 aliphatic rings. The van der Waals surface area contributed by atoms with Crippen LogP contribution >= 0.6 is 11.8 Å². The van der Waals surface area contributed by atoms with Crippen molar-refractivity contribution in [3.63, 3.8) is 0 Å². The molecule has 3 fully saturated rings. The highest BCUT2D eigenvalue weighted by molar-refractivity contribution is 8.00. The maximum absolute atomic E-state index is 14.2. The summed E-state index contributed by atoms with van der Waals surface area (Å²) in [6, 6.07) is -2.76. The molecule has 1 unspecified atom stereocenters. The van der Waals surface area contributed by atoms with Gasteiger partial charge >= 0.3 is 6.03 Å². The second kappa shape index (κ2) is 14.4. The molecule has 5 amide bonds. The molecular weight excluding hydrogens is 570 g/mol. The Balaban J connectivity index is 1.78. The molecule has 43 heavy (non-hydrogen) atoms. The number of amides is 5. The average Bonchev–Trinajstić information content (AvgIpc) is 3.84. The molecular formula is C31H51N5O6S. The Morgan fingerprint density at radius 3 is 2.02 bits per heavy atom. The number of carbonyl (C=O) groups excluding carboxylic acids is 6. The van der Waals surface area contributed by atoms with Crippen LogP contribution in [-0.4, -0.2) is 76.0 Å². The number of thioether (sulfide) groups is 1. The number of hydrogen-bond acceptors (Lipinski definition) is 7. The van der Waals surface area contributed by atoms with Gasteiger partial charge in [-0.3, -0.25) is 24.0 Å². The first kappa shape index (κ1) is 34.9. The quantitative estimate of drug-likeness (QED) is 0.161. The zero-order chi connectivity index (χ0) is 32.2. The molecule has 242 valence electrons. The van der Waals surface area contributed by atoms with E-state index in [2.05, 4.69) is 16.0 Å². The number of carbonyl (C=O) groups is 6. The SMILES string of the molecule is CC(C)[C@H]1CCN(C(=O)[C@@H](NC(=O)N[C@H](CC(=O)C2CC2)C(C)C)C(C)(C)C)[C@@H]1C(=O)NC(SCC1CC1)C(=O)C(N)=O. The number of nitrogens with one attached hydrogen (secondary N) is 3. The number of urea groups is 1. The third-order valence-corrected chi connectivity index (χ3v) is 10.1. The zero-order valence-corrected chi connectivity index (χ0v) is 27.6. The number of primary amides is 1. The normalized spacial score (nSPS) is 22.6. The number of Topliss-reactive ketones (excluding diaryl/α,β-unsaturated/α-hetero) is 2. The van der Waals surface area contributed by atoms with Gasteiger partial charge in [0, 0.05) is 24.9 Å². The first-order chi connectivity index (χ1) is 20.0. The van der Waals surface area contributed by atoms with Crippen molar-refractivity contribution in [3.05, 3.63) is 0 Å². The molecule has 3 rings (SSSR count). The first-order valence-electron chi connectivity index (χ1n) is 15.7. The number of likely N-dealkylation sites (tertiary alicyclic amines) is 1. The maximum Gasteiger partial charge on any atom is 0.315 e. The Labute approximate surface area is 260 Å². The van der Waals surface area contributed by atoms with Gasteiger partial charge in [-0.15, -0.1) is 11.8 Å². The topological polar surface area (TPSA) is 168 Å². The summed E-state index contributed by atoms with van der Waals surface area (Å²) in [7, 11) is 0. The summed E-state index contributed by atoms with van der Waals surface area (Å²) in [5.74, 6) is -1.70. The highest BCUT2D eigenvalue weighted by Gasteiger charge is 2.48. The zero-order valence-electron chi connectivity index (χ0n) is 26.7. The molecule has 1 aliphatic heterocycles. The van der Waals surface area contributed by atoms with Crippen LogP contribution in [0.25, 0.3) is 0 Å². The van der Waals surface area contributed by atoms with Crippen LogP contribution in [0.15, 0.2) is 0 Å². The summed E-state index contributed by atoms with van der Waals surface area (Å²) in [5, 5.41) is 7.37. The molecule has 0 spiro atoms. The molecule has 5 N–H and O–H groups in total. The van der Waals surface area contributed by atoms with Gasteiger partial charge in [-0.05, 0) is 66.9 Å². The Bertz CT molecular complexity index is 1080. The summed E-state index contributed by atoms with van der Waals surface area (Å²) in [5.41, 5.74) is 4.59. The van der Waals surface area contributed by atoms with Gasteiger partial charge in [0.1, 0.15) is 23.2 Å². The van der Waals surface area contributed by atoms with Crippen LogP contribution in [-0.2, 0) is 24.0 Å². The highest BCUT2D eigenvalue weighted by atomic mass is 32.2. The van der Waals surface area contributed by atoms with E-state index in [-0.39, 0.29) is 41.9 Å². The second-order valence-electron chi connectivity index (χ2n) is 14.3. The van der Waals surface area contributed by atoms with E-state index in [4.69, 9.17) is 5.73 Å². The molecule has 12 heteroatoms. The summed E-state index contributed by atoms with van der Waals surface area (Å²) >= 11 is 1.20. The fourth-order valence-corrected chi connectivity index (χ4v) is 6.80. The molecule has 2 aliphatic carbocycles. The summed E-state index contributed by atoms with van der Waals surface area (Å²) < 4.78 is 0. The van der Waals surface area contributed by atoms with Crippen LogP contribution in [0.5, 0.6) is 0 Å².